The monoisotopic (exact) mass is 501 g/mol. The fourth-order valence-corrected chi connectivity index (χ4v) is 4.47. The molecule has 5 rings (SSSR count). The van der Waals surface area contributed by atoms with Crippen LogP contribution in [0.1, 0.15) is 35.2 Å². The van der Waals surface area contributed by atoms with Gasteiger partial charge in [0.2, 0.25) is 5.95 Å². The van der Waals surface area contributed by atoms with Gasteiger partial charge in [-0.1, -0.05) is 0 Å². The van der Waals surface area contributed by atoms with Crippen LogP contribution in [0.25, 0.3) is 17.0 Å². The number of carboxylic acids is 1. The number of halogens is 3. The molecule has 0 atom stereocenters. The van der Waals surface area contributed by atoms with Gasteiger partial charge in [0, 0.05) is 31.5 Å². The smallest absolute Gasteiger partial charge is 0.416 e. The molecule has 0 radical (unpaired) electrons. The van der Waals surface area contributed by atoms with Crippen molar-refractivity contribution < 1.29 is 23.1 Å². The van der Waals surface area contributed by atoms with Crippen molar-refractivity contribution in [3.63, 3.8) is 0 Å². The summed E-state index contributed by atoms with van der Waals surface area (Å²) in [6.07, 6.45) is 2.12. The Bertz CT molecular complexity index is 1450. The van der Waals surface area contributed by atoms with Gasteiger partial charge >= 0.3 is 12.1 Å². The predicted octanol–water partition coefficient (Wildman–Crippen LogP) is 3.33. The van der Waals surface area contributed by atoms with E-state index in [1.807, 2.05) is 0 Å². The summed E-state index contributed by atoms with van der Waals surface area (Å²) in [5.41, 5.74) is 0.388. The average molecular weight is 501 g/mol. The van der Waals surface area contributed by atoms with Crippen LogP contribution < -0.4 is 10.5 Å². The number of carbonyl (C=O) groups is 1. The van der Waals surface area contributed by atoms with E-state index in [9.17, 15) is 22.8 Å². The molecule has 0 saturated carbocycles. The molecular weight excluding hydrogens is 479 g/mol. The highest BCUT2D eigenvalue weighted by molar-refractivity contribution is 5.87. The number of hydrogen-bond acceptors (Lipinski definition) is 6. The van der Waals surface area contributed by atoms with E-state index in [1.54, 1.807) is 4.68 Å². The number of rotatable bonds is 6. The second kappa shape index (κ2) is 9.13. The second-order valence-corrected chi connectivity index (χ2v) is 8.73. The lowest BCUT2D eigenvalue weighted by atomic mass is 9.93. The Kier molecular flexibility index (Phi) is 5.98. The fourth-order valence-electron chi connectivity index (χ4n) is 4.47. The first-order valence-electron chi connectivity index (χ1n) is 11.4. The van der Waals surface area contributed by atoms with Crippen LogP contribution in [0.15, 0.2) is 47.7 Å². The van der Waals surface area contributed by atoms with Crippen molar-refractivity contribution in [1.29, 1.82) is 0 Å². The van der Waals surface area contributed by atoms with E-state index in [1.165, 1.54) is 35.4 Å². The Labute approximate surface area is 202 Å². The predicted molar refractivity (Wildman–Crippen MR) is 123 cm³/mol. The fraction of sp³-hybridized carbons (Fsp3) is 0.348. The summed E-state index contributed by atoms with van der Waals surface area (Å²) < 4.78 is 41.2. The molecular formula is C23H22F3N7O3. The summed E-state index contributed by atoms with van der Waals surface area (Å²) in [5.74, 6) is -0.655. The zero-order valence-corrected chi connectivity index (χ0v) is 18.9. The van der Waals surface area contributed by atoms with E-state index in [-0.39, 0.29) is 11.5 Å². The van der Waals surface area contributed by atoms with E-state index < -0.39 is 23.3 Å². The van der Waals surface area contributed by atoms with Crippen molar-refractivity contribution >= 4 is 22.7 Å². The maximum absolute atomic E-state index is 12.8. The van der Waals surface area contributed by atoms with Crippen LogP contribution in [0.4, 0.5) is 18.9 Å². The molecule has 188 valence electrons. The van der Waals surface area contributed by atoms with Gasteiger partial charge in [0.15, 0.2) is 5.52 Å². The SMILES string of the molecule is O=C(O)c1cnn(-c2nc3cnn(CCC4CCN(c5ccc(C(F)(F)F)cc5)CC4)c3c(=O)[nH]2)c1. The molecule has 0 spiro atoms. The summed E-state index contributed by atoms with van der Waals surface area (Å²) >= 11 is 0. The molecule has 4 heterocycles. The van der Waals surface area contributed by atoms with Gasteiger partial charge in [0.1, 0.15) is 5.52 Å². The Morgan fingerprint density at radius 2 is 1.83 bits per heavy atom. The number of H-pyrrole nitrogens is 1. The van der Waals surface area contributed by atoms with E-state index in [4.69, 9.17) is 5.11 Å². The molecule has 1 fully saturated rings. The van der Waals surface area contributed by atoms with Gasteiger partial charge in [-0.3, -0.25) is 14.5 Å². The molecule has 1 saturated heterocycles. The van der Waals surface area contributed by atoms with Crippen molar-refractivity contribution in [1.82, 2.24) is 29.5 Å². The third-order valence-electron chi connectivity index (χ3n) is 6.46. The van der Waals surface area contributed by atoms with Gasteiger partial charge in [-0.25, -0.2) is 14.5 Å². The number of aryl methyl sites for hydroxylation is 1. The Balaban J connectivity index is 1.21. The number of alkyl halides is 3. The van der Waals surface area contributed by atoms with E-state index in [0.29, 0.717) is 23.5 Å². The van der Waals surface area contributed by atoms with Gasteiger partial charge in [-0.15, -0.1) is 0 Å². The van der Waals surface area contributed by atoms with Gasteiger partial charge < -0.3 is 10.0 Å². The number of nitrogens with zero attached hydrogens (tertiary/aromatic N) is 6. The lowest BCUT2D eigenvalue weighted by molar-refractivity contribution is -0.137. The van der Waals surface area contributed by atoms with Crippen molar-refractivity contribution in [2.24, 2.45) is 5.92 Å². The number of fused-ring (bicyclic) bond motifs is 1. The number of aromatic carboxylic acids is 1. The number of hydrogen-bond donors (Lipinski definition) is 2. The number of piperidine rings is 1. The highest BCUT2D eigenvalue weighted by atomic mass is 19.4. The topological polar surface area (TPSA) is 122 Å². The van der Waals surface area contributed by atoms with E-state index in [0.717, 1.165) is 50.2 Å². The highest BCUT2D eigenvalue weighted by Crippen LogP contribution is 2.32. The van der Waals surface area contributed by atoms with Crippen molar-refractivity contribution in [3.05, 3.63) is 64.3 Å². The van der Waals surface area contributed by atoms with Crippen LogP contribution in [0.2, 0.25) is 0 Å². The zero-order valence-electron chi connectivity index (χ0n) is 18.9. The van der Waals surface area contributed by atoms with Gasteiger partial charge in [-0.2, -0.15) is 23.4 Å². The standard InChI is InChI=1S/C23H22F3N7O3/c24-23(25,26)16-1-3-17(4-2-16)31-8-5-14(6-9-31)7-10-32-19-18(12-28-32)29-22(30-20(19)34)33-13-15(11-27-33)21(35)36/h1-4,11-14H,5-10H2,(H,35,36)(H,29,30,34). The van der Waals surface area contributed by atoms with Crippen LogP contribution >= 0.6 is 0 Å². The summed E-state index contributed by atoms with van der Waals surface area (Å²) in [5, 5.41) is 17.3. The number of aromatic amines is 1. The van der Waals surface area contributed by atoms with Gasteiger partial charge in [0.25, 0.3) is 5.56 Å². The molecule has 13 heteroatoms. The minimum Gasteiger partial charge on any atom is -0.478 e. The molecule has 2 N–H and O–H groups in total. The minimum atomic E-state index is -4.34. The Hall–Kier alpha value is -4.16. The number of benzene rings is 1. The summed E-state index contributed by atoms with van der Waals surface area (Å²) in [4.78, 5) is 32.9. The van der Waals surface area contributed by atoms with Crippen molar-refractivity contribution in [3.8, 4) is 5.95 Å². The number of aromatic nitrogens is 6. The summed E-state index contributed by atoms with van der Waals surface area (Å²) in [7, 11) is 0. The molecule has 1 aliphatic heterocycles. The van der Waals surface area contributed by atoms with E-state index in [2.05, 4.69) is 25.1 Å². The number of nitrogens with one attached hydrogen (secondary N) is 1. The lowest BCUT2D eigenvalue weighted by Gasteiger charge is -2.33. The average Bonchev–Trinajstić information content (AvgIpc) is 3.51. The molecule has 0 amide bonds. The molecule has 1 aliphatic rings. The second-order valence-electron chi connectivity index (χ2n) is 8.73. The first-order valence-corrected chi connectivity index (χ1v) is 11.4. The largest absolute Gasteiger partial charge is 0.478 e. The van der Waals surface area contributed by atoms with Crippen LogP contribution in [0.3, 0.4) is 0 Å². The van der Waals surface area contributed by atoms with E-state index >= 15 is 0 Å². The number of carboxylic acid groups (broad SMARTS) is 1. The Morgan fingerprint density at radius 1 is 1.11 bits per heavy atom. The quantitative estimate of drug-likeness (QED) is 0.416. The van der Waals surface area contributed by atoms with Crippen LogP contribution in [-0.2, 0) is 12.7 Å². The maximum atomic E-state index is 12.8. The first kappa shape index (κ1) is 23.6. The molecule has 4 aromatic rings. The molecule has 0 unspecified atom stereocenters. The molecule has 10 nitrogen and oxygen atoms in total. The summed E-state index contributed by atoms with van der Waals surface area (Å²) in [6.45, 7) is 2.00. The third-order valence-corrected chi connectivity index (χ3v) is 6.46. The van der Waals surface area contributed by atoms with Crippen LogP contribution in [0, 0.1) is 5.92 Å². The number of anilines is 1. The molecule has 0 aliphatic carbocycles. The van der Waals surface area contributed by atoms with Crippen LogP contribution in [0.5, 0.6) is 0 Å². The molecule has 36 heavy (non-hydrogen) atoms. The lowest BCUT2D eigenvalue weighted by Crippen LogP contribution is -2.34. The minimum absolute atomic E-state index is 0.0298. The van der Waals surface area contributed by atoms with Gasteiger partial charge in [-0.05, 0) is 49.4 Å². The third kappa shape index (κ3) is 4.68. The maximum Gasteiger partial charge on any atom is 0.416 e. The van der Waals surface area contributed by atoms with Crippen molar-refractivity contribution in [2.75, 3.05) is 18.0 Å². The van der Waals surface area contributed by atoms with Crippen LogP contribution in [-0.4, -0.2) is 53.7 Å². The normalized spacial score (nSPS) is 15.0. The first-order chi connectivity index (χ1) is 17.2. The zero-order chi connectivity index (χ0) is 25.4. The highest BCUT2D eigenvalue weighted by Gasteiger charge is 2.30. The van der Waals surface area contributed by atoms with Gasteiger partial charge in [0.05, 0.1) is 23.5 Å². The Morgan fingerprint density at radius 3 is 2.47 bits per heavy atom. The molecule has 3 aromatic heterocycles. The van der Waals surface area contributed by atoms with Crippen molar-refractivity contribution in [2.45, 2.75) is 32.0 Å². The summed E-state index contributed by atoms with van der Waals surface area (Å²) in [6, 6.07) is 5.24. The molecule has 0 bridgehead atoms. The molecule has 1 aromatic carbocycles.